The Bertz CT molecular complexity index is 2210. The van der Waals surface area contributed by atoms with Crippen LogP contribution in [-0.2, 0) is 0 Å². The predicted molar refractivity (Wildman–Crippen MR) is 198 cm³/mol. The Morgan fingerprint density at radius 2 is 0.727 bits per heavy atom. The van der Waals surface area contributed by atoms with Crippen molar-refractivity contribution in [1.29, 1.82) is 0 Å². The lowest BCUT2D eigenvalue weighted by atomic mass is 9.59. The van der Waals surface area contributed by atoms with Crippen LogP contribution in [0.1, 0.15) is 0 Å². The first-order valence-corrected chi connectivity index (χ1v) is 14.1. The Kier molecular flexibility index (Phi) is 7.00. The Labute approximate surface area is 268 Å². The van der Waals surface area contributed by atoms with Crippen molar-refractivity contribution >= 4 is 139 Å². The van der Waals surface area contributed by atoms with E-state index < -0.39 is 0 Å². The quantitative estimate of drug-likeness (QED) is 0.229. The van der Waals surface area contributed by atoms with Crippen LogP contribution in [0.5, 0.6) is 0 Å². The number of rotatable bonds is 3. The van der Waals surface area contributed by atoms with Gasteiger partial charge in [-0.2, -0.15) is 0 Å². The monoisotopic (exact) mass is 536 g/mol. The van der Waals surface area contributed by atoms with Crippen LogP contribution in [0.2, 0.25) is 0 Å². The van der Waals surface area contributed by atoms with Crippen LogP contribution in [0, 0.1) is 0 Å². The van der Waals surface area contributed by atoms with Gasteiger partial charge in [0.15, 0.2) is 0 Å². The topological polar surface area (TPSA) is 0 Å². The second-order valence-corrected chi connectivity index (χ2v) is 11.0. The lowest BCUT2D eigenvalue weighted by Crippen LogP contribution is -2.50. The van der Waals surface area contributed by atoms with E-state index in [2.05, 4.69) is 36.4 Å². The zero-order valence-electron chi connectivity index (χ0n) is 23.9. The SMILES string of the molecule is [B]c1c([B])c([B])c2c(-c3cc(-c4ccccc4)cc4ccccc34)c3c([B])c([B])c([B])c([B])c3c(-c3ccccc3)c2c1[B]. The molecule has 0 heterocycles. The van der Waals surface area contributed by atoms with Crippen LogP contribution >= 0.6 is 0 Å². The van der Waals surface area contributed by atoms with E-state index in [1.807, 2.05) is 60.7 Å². The van der Waals surface area contributed by atoms with Crippen molar-refractivity contribution in [3.8, 4) is 33.4 Å². The van der Waals surface area contributed by atoms with Gasteiger partial charge in [-0.3, -0.25) is 0 Å². The fraction of sp³-hybridized carbons (Fsp3) is 0. The van der Waals surface area contributed by atoms with Gasteiger partial charge in [0.25, 0.3) is 0 Å². The van der Waals surface area contributed by atoms with E-state index in [0.717, 1.165) is 33.0 Å². The average molecular weight is 535 g/mol. The van der Waals surface area contributed by atoms with Gasteiger partial charge in [0.2, 0.25) is 0 Å². The van der Waals surface area contributed by atoms with Gasteiger partial charge in [0.1, 0.15) is 62.8 Å². The molecule has 0 bridgehead atoms. The third-order valence-electron chi connectivity index (χ3n) is 8.62. The van der Waals surface area contributed by atoms with Gasteiger partial charge in [0, 0.05) is 0 Å². The van der Waals surface area contributed by atoms with E-state index in [1.165, 1.54) is 0 Å². The van der Waals surface area contributed by atoms with Crippen LogP contribution in [0.15, 0.2) is 97.1 Å². The van der Waals surface area contributed by atoms with Crippen LogP contribution in [-0.4, -0.2) is 62.8 Å². The summed E-state index contributed by atoms with van der Waals surface area (Å²) in [6.07, 6.45) is 0. The largest absolute Gasteiger partial charge is 0.113 e. The fourth-order valence-corrected chi connectivity index (χ4v) is 6.42. The summed E-state index contributed by atoms with van der Waals surface area (Å²) < 4.78 is 0. The smallest absolute Gasteiger partial charge is 0.110 e. The number of hydrogen-bond acceptors (Lipinski definition) is 0. The highest BCUT2D eigenvalue weighted by molar-refractivity contribution is 6.71. The van der Waals surface area contributed by atoms with E-state index in [0.29, 0.717) is 32.7 Å². The first kappa shape index (κ1) is 28.6. The molecule has 0 spiro atoms. The van der Waals surface area contributed by atoms with Gasteiger partial charge in [-0.1, -0.05) is 107 Å². The van der Waals surface area contributed by atoms with Gasteiger partial charge in [0.05, 0.1) is 0 Å². The summed E-state index contributed by atoms with van der Waals surface area (Å²) in [6.45, 7) is 0. The molecule has 0 nitrogen and oxygen atoms in total. The molecule has 184 valence electrons. The highest BCUT2D eigenvalue weighted by Crippen LogP contribution is 2.43. The summed E-state index contributed by atoms with van der Waals surface area (Å²) in [5.74, 6) is 0. The fourth-order valence-electron chi connectivity index (χ4n) is 6.42. The molecular formula is C36H16B8. The average Bonchev–Trinajstić information content (AvgIpc) is 3.07. The molecule has 0 aliphatic carbocycles. The Morgan fingerprint density at radius 3 is 1.23 bits per heavy atom. The van der Waals surface area contributed by atoms with Crippen LogP contribution < -0.4 is 43.7 Å². The standard InChI is InChI=1S/C36H16B8/c37-29-25-23(18-11-5-2-6-12-18)26-28(32(40)36(44)34(42)30(26)38)24(27(25)31(39)35(43)33(29)41)22-16-20(17-9-3-1-4-10-17)15-19-13-7-8-14-21(19)22/h1-16H. The van der Waals surface area contributed by atoms with E-state index in [-0.39, 0.29) is 43.7 Å². The summed E-state index contributed by atoms with van der Waals surface area (Å²) in [6, 6.07) is 32.3. The summed E-state index contributed by atoms with van der Waals surface area (Å²) >= 11 is 0. The minimum atomic E-state index is 0.188. The Hall–Kier alpha value is -4.16. The van der Waals surface area contributed by atoms with Crippen molar-refractivity contribution in [2.75, 3.05) is 0 Å². The molecule has 0 unspecified atom stereocenters. The second-order valence-electron chi connectivity index (χ2n) is 11.0. The molecule has 0 aliphatic rings. The van der Waals surface area contributed by atoms with E-state index in [4.69, 9.17) is 62.8 Å². The minimum Gasteiger partial charge on any atom is -0.110 e. The Balaban J connectivity index is 1.84. The van der Waals surface area contributed by atoms with E-state index in [9.17, 15) is 0 Å². The minimum absolute atomic E-state index is 0.188. The van der Waals surface area contributed by atoms with Crippen molar-refractivity contribution in [3.05, 3.63) is 97.1 Å². The second kappa shape index (κ2) is 10.8. The molecule has 16 radical (unpaired) electrons. The van der Waals surface area contributed by atoms with Crippen molar-refractivity contribution in [2.24, 2.45) is 0 Å². The molecule has 0 amide bonds. The van der Waals surface area contributed by atoms with Gasteiger partial charge in [-0.05, 0) is 77.8 Å². The van der Waals surface area contributed by atoms with Gasteiger partial charge >= 0.3 is 0 Å². The van der Waals surface area contributed by atoms with Crippen molar-refractivity contribution in [1.82, 2.24) is 0 Å². The zero-order chi connectivity index (χ0) is 30.9. The van der Waals surface area contributed by atoms with Gasteiger partial charge in [-0.25, -0.2) is 0 Å². The molecule has 7 aromatic rings. The molecular weight excluding hydrogens is 519 g/mol. The number of hydrogen-bond donors (Lipinski definition) is 0. The molecule has 44 heavy (non-hydrogen) atoms. The van der Waals surface area contributed by atoms with Crippen molar-refractivity contribution in [3.63, 3.8) is 0 Å². The molecule has 0 aliphatic heterocycles. The summed E-state index contributed by atoms with van der Waals surface area (Å²) in [5.41, 5.74) is 6.98. The van der Waals surface area contributed by atoms with Crippen LogP contribution in [0.25, 0.3) is 65.7 Å². The summed E-state index contributed by atoms with van der Waals surface area (Å²) in [5, 5.41) is 4.39. The third kappa shape index (κ3) is 4.18. The van der Waals surface area contributed by atoms with E-state index in [1.54, 1.807) is 0 Å². The summed E-state index contributed by atoms with van der Waals surface area (Å²) in [4.78, 5) is 0. The van der Waals surface area contributed by atoms with Crippen LogP contribution in [0.3, 0.4) is 0 Å². The lowest BCUT2D eigenvalue weighted by molar-refractivity contribution is 1.64. The summed E-state index contributed by atoms with van der Waals surface area (Å²) in [7, 11) is 53.7. The Morgan fingerprint density at radius 1 is 0.318 bits per heavy atom. The number of benzene rings is 7. The predicted octanol–water partition coefficient (Wildman–Crippen LogP) is 0.498. The molecule has 0 saturated carbocycles. The highest BCUT2D eigenvalue weighted by Gasteiger charge is 2.25. The molecule has 7 rings (SSSR count). The maximum atomic E-state index is 6.92. The molecule has 0 fully saturated rings. The molecule has 0 saturated heterocycles. The zero-order valence-corrected chi connectivity index (χ0v) is 23.9. The van der Waals surface area contributed by atoms with Crippen molar-refractivity contribution < 1.29 is 0 Å². The third-order valence-corrected chi connectivity index (χ3v) is 8.62. The van der Waals surface area contributed by atoms with E-state index >= 15 is 0 Å². The molecule has 0 N–H and O–H groups in total. The first-order chi connectivity index (χ1) is 21.2. The van der Waals surface area contributed by atoms with Crippen LogP contribution in [0.4, 0.5) is 0 Å². The van der Waals surface area contributed by atoms with Crippen molar-refractivity contribution in [2.45, 2.75) is 0 Å². The van der Waals surface area contributed by atoms with Gasteiger partial charge < -0.3 is 0 Å². The molecule has 7 aromatic carbocycles. The molecule has 8 heteroatoms. The number of fused-ring (bicyclic) bond motifs is 3. The lowest BCUT2D eigenvalue weighted by Gasteiger charge is -2.29. The van der Waals surface area contributed by atoms with Gasteiger partial charge in [-0.15, -0.1) is 21.9 Å². The highest BCUT2D eigenvalue weighted by atomic mass is 14.3. The maximum absolute atomic E-state index is 6.92. The normalized spacial score (nSPS) is 11.5. The maximum Gasteiger partial charge on any atom is 0.113 e. The first-order valence-electron chi connectivity index (χ1n) is 14.1. The molecule has 0 aromatic heterocycles. The molecule has 0 atom stereocenters.